The number of aliphatic carboxylic acids is 1. The van der Waals surface area contributed by atoms with Crippen LogP contribution in [0.2, 0.25) is 0 Å². The average molecular weight is 395 g/mol. The summed E-state index contributed by atoms with van der Waals surface area (Å²) in [5.41, 5.74) is 3.80. The second kappa shape index (κ2) is 8.07. The van der Waals surface area contributed by atoms with Gasteiger partial charge >= 0.3 is 5.97 Å². The van der Waals surface area contributed by atoms with Gasteiger partial charge in [0.05, 0.1) is 18.2 Å². The van der Waals surface area contributed by atoms with E-state index in [4.69, 9.17) is 9.15 Å². The van der Waals surface area contributed by atoms with E-state index in [0.29, 0.717) is 31.8 Å². The van der Waals surface area contributed by atoms with Crippen LogP contribution >= 0.6 is 0 Å². The molecule has 1 aliphatic rings. The first kappa shape index (κ1) is 19.2. The minimum atomic E-state index is -0.723. The number of oxazole rings is 1. The summed E-state index contributed by atoms with van der Waals surface area (Å²) in [5.74, 6) is 0.655. The molecule has 4 rings (SSSR count). The topological polar surface area (TPSA) is 72.6 Å². The second-order valence-electron chi connectivity index (χ2n) is 7.34. The molecule has 1 unspecified atom stereocenters. The fraction of sp³-hybridized carbons (Fsp3) is 0.304. The smallest absolute Gasteiger partial charge is 0.306 e. The van der Waals surface area contributed by atoms with Crippen molar-refractivity contribution in [2.45, 2.75) is 32.6 Å². The van der Waals surface area contributed by atoms with Gasteiger partial charge in [-0.1, -0.05) is 6.07 Å². The Morgan fingerprint density at radius 2 is 2.03 bits per heavy atom. The zero-order chi connectivity index (χ0) is 20.4. The molecule has 1 aromatic heterocycles. The number of nitrogens with zero attached hydrogens (tertiary/aromatic N) is 1. The Labute approximate surface area is 168 Å². The van der Waals surface area contributed by atoms with Crippen molar-refractivity contribution in [3.05, 3.63) is 70.9 Å². The molecule has 29 heavy (non-hydrogen) atoms. The van der Waals surface area contributed by atoms with Gasteiger partial charge in [-0.3, -0.25) is 4.79 Å². The highest BCUT2D eigenvalue weighted by atomic mass is 19.1. The summed E-state index contributed by atoms with van der Waals surface area (Å²) < 4.78 is 24.7. The van der Waals surface area contributed by atoms with E-state index >= 15 is 0 Å². The lowest BCUT2D eigenvalue weighted by Gasteiger charge is -2.22. The standard InChI is InChI=1S/C23H22FNO4/c1-14-21(25-22(29-14)15-4-7-19(24)8-5-15)10-11-28-20-9-6-16-12-18(23(26)27)3-2-17(16)13-20/h4-9,13,18H,2-3,10-12H2,1H3,(H,26,27). The Kier molecular flexibility index (Phi) is 5.34. The lowest BCUT2D eigenvalue weighted by atomic mass is 9.84. The van der Waals surface area contributed by atoms with Crippen molar-refractivity contribution < 1.29 is 23.4 Å². The molecule has 0 radical (unpaired) electrons. The number of halogens is 1. The summed E-state index contributed by atoms with van der Waals surface area (Å²) in [5, 5.41) is 9.20. The number of aromatic nitrogens is 1. The van der Waals surface area contributed by atoms with E-state index in [1.54, 1.807) is 12.1 Å². The van der Waals surface area contributed by atoms with E-state index in [1.165, 1.54) is 12.1 Å². The predicted molar refractivity (Wildman–Crippen MR) is 105 cm³/mol. The SMILES string of the molecule is Cc1oc(-c2ccc(F)cc2)nc1CCOc1ccc2c(c1)CCC(C(=O)O)C2. The van der Waals surface area contributed by atoms with Crippen molar-refractivity contribution in [3.8, 4) is 17.2 Å². The maximum atomic E-state index is 13.1. The van der Waals surface area contributed by atoms with Gasteiger partial charge in [-0.15, -0.1) is 0 Å². The molecule has 150 valence electrons. The van der Waals surface area contributed by atoms with Crippen molar-refractivity contribution in [2.75, 3.05) is 6.61 Å². The summed E-state index contributed by atoms with van der Waals surface area (Å²) in [4.78, 5) is 15.7. The molecule has 0 fully saturated rings. The highest BCUT2D eigenvalue weighted by Crippen LogP contribution is 2.29. The van der Waals surface area contributed by atoms with Gasteiger partial charge in [0.1, 0.15) is 17.3 Å². The van der Waals surface area contributed by atoms with Gasteiger partial charge < -0.3 is 14.3 Å². The van der Waals surface area contributed by atoms with E-state index in [1.807, 2.05) is 25.1 Å². The third-order valence-corrected chi connectivity index (χ3v) is 5.35. The molecule has 3 aromatic rings. The van der Waals surface area contributed by atoms with E-state index in [9.17, 15) is 14.3 Å². The lowest BCUT2D eigenvalue weighted by molar-refractivity contribution is -0.142. The van der Waals surface area contributed by atoms with Gasteiger partial charge in [-0.2, -0.15) is 0 Å². The van der Waals surface area contributed by atoms with Crippen LogP contribution in [0.1, 0.15) is 29.0 Å². The van der Waals surface area contributed by atoms with Crippen LogP contribution in [0, 0.1) is 18.7 Å². The maximum absolute atomic E-state index is 13.1. The summed E-state index contributed by atoms with van der Waals surface area (Å²) in [6.45, 7) is 2.31. The van der Waals surface area contributed by atoms with Crippen LogP contribution in [0.15, 0.2) is 46.9 Å². The number of carboxylic acid groups (broad SMARTS) is 1. The first-order chi connectivity index (χ1) is 14.0. The van der Waals surface area contributed by atoms with Gasteiger partial charge in [0.25, 0.3) is 0 Å². The number of benzene rings is 2. The molecule has 0 saturated carbocycles. The van der Waals surface area contributed by atoms with E-state index in [2.05, 4.69) is 4.98 Å². The minimum Gasteiger partial charge on any atom is -0.493 e. The molecule has 1 aliphatic carbocycles. The summed E-state index contributed by atoms with van der Waals surface area (Å²) in [6.07, 6.45) is 2.59. The number of fused-ring (bicyclic) bond motifs is 1. The Morgan fingerprint density at radius 3 is 2.79 bits per heavy atom. The maximum Gasteiger partial charge on any atom is 0.306 e. The number of ether oxygens (including phenoxy) is 1. The normalized spacial score (nSPS) is 15.7. The highest BCUT2D eigenvalue weighted by Gasteiger charge is 2.24. The zero-order valence-electron chi connectivity index (χ0n) is 16.2. The van der Waals surface area contributed by atoms with Crippen molar-refractivity contribution in [1.82, 2.24) is 4.98 Å². The molecule has 0 aliphatic heterocycles. The molecule has 1 atom stereocenters. The summed E-state index contributed by atoms with van der Waals surface area (Å²) in [6, 6.07) is 11.9. The Balaban J connectivity index is 1.37. The summed E-state index contributed by atoms with van der Waals surface area (Å²) in [7, 11) is 0. The molecule has 0 saturated heterocycles. The lowest BCUT2D eigenvalue weighted by Crippen LogP contribution is -2.22. The zero-order valence-corrected chi connectivity index (χ0v) is 16.2. The highest BCUT2D eigenvalue weighted by molar-refractivity contribution is 5.71. The second-order valence-corrected chi connectivity index (χ2v) is 7.34. The predicted octanol–water partition coefficient (Wildman–Crippen LogP) is 4.60. The fourth-order valence-corrected chi connectivity index (χ4v) is 3.67. The van der Waals surface area contributed by atoms with Gasteiger partial charge in [-0.25, -0.2) is 9.37 Å². The largest absolute Gasteiger partial charge is 0.493 e. The van der Waals surface area contributed by atoms with Crippen LogP contribution in [0.5, 0.6) is 5.75 Å². The van der Waals surface area contributed by atoms with E-state index in [0.717, 1.165) is 40.3 Å². The molecular weight excluding hydrogens is 373 g/mol. The van der Waals surface area contributed by atoms with Gasteiger partial charge in [0.2, 0.25) is 5.89 Å². The molecule has 0 spiro atoms. The molecule has 0 bridgehead atoms. The fourth-order valence-electron chi connectivity index (χ4n) is 3.67. The number of carbonyl (C=O) groups is 1. The van der Waals surface area contributed by atoms with Crippen molar-refractivity contribution in [1.29, 1.82) is 0 Å². The number of rotatable bonds is 6. The van der Waals surface area contributed by atoms with Gasteiger partial charge in [-0.05, 0) is 73.7 Å². The number of hydrogen-bond acceptors (Lipinski definition) is 4. The van der Waals surface area contributed by atoms with Gasteiger partial charge in [0, 0.05) is 12.0 Å². The number of carboxylic acids is 1. The van der Waals surface area contributed by atoms with Gasteiger partial charge in [0.15, 0.2) is 0 Å². The first-order valence-electron chi connectivity index (χ1n) is 9.69. The monoisotopic (exact) mass is 395 g/mol. The van der Waals surface area contributed by atoms with Crippen LogP contribution in [-0.4, -0.2) is 22.7 Å². The molecule has 0 amide bonds. The summed E-state index contributed by atoms with van der Waals surface area (Å²) >= 11 is 0. The van der Waals surface area contributed by atoms with Crippen molar-refractivity contribution in [3.63, 3.8) is 0 Å². The molecule has 1 heterocycles. The molecule has 2 aromatic carbocycles. The van der Waals surface area contributed by atoms with E-state index in [-0.39, 0.29) is 11.7 Å². The Morgan fingerprint density at radius 1 is 1.24 bits per heavy atom. The molecule has 1 N–H and O–H groups in total. The van der Waals surface area contributed by atoms with Crippen LogP contribution in [0.25, 0.3) is 11.5 Å². The van der Waals surface area contributed by atoms with Crippen molar-refractivity contribution >= 4 is 5.97 Å². The number of hydrogen-bond donors (Lipinski definition) is 1. The quantitative estimate of drug-likeness (QED) is 0.660. The third kappa shape index (κ3) is 4.31. The van der Waals surface area contributed by atoms with E-state index < -0.39 is 5.97 Å². The van der Waals surface area contributed by atoms with Crippen LogP contribution < -0.4 is 4.74 Å². The molecule has 5 nitrogen and oxygen atoms in total. The van der Waals surface area contributed by atoms with Crippen LogP contribution in [0.3, 0.4) is 0 Å². The Hall–Kier alpha value is -3.15. The Bertz CT molecular complexity index is 1030. The minimum absolute atomic E-state index is 0.292. The van der Waals surface area contributed by atoms with Crippen LogP contribution in [-0.2, 0) is 24.1 Å². The molecular formula is C23H22FNO4. The third-order valence-electron chi connectivity index (χ3n) is 5.35. The number of aryl methyl sites for hydroxylation is 2. The van der Waals surface area contributed by atoms with Crippen LogP contribution in [0.4, 0.5) is 4.39 Å². The van der Waals surface area contributed by atoms with Crippen molar-refractivity contribution in [2.24, 2.45) is 5.92 Å². The average Bonchev–Trinajstić information content (AvgIpc) is 3.08. The molecule has 6 heteroatoms. The first-order valence-corrected chi connectivity index (χ1v) is 9.69.